The third kappa shape index (κ3) is 3.82. The average Bonchev–Trinajstić information content (AvgIpc) is 2.71. The van der Waals surface area contributed by atoms with E-state index in [4.69, 9.17) is 5.73 Å². The molecule has 1 heterocycles. The van der Waals surface area contributed by atoms with Crippen molar-refractivity contribution in [1.29, 1.82) is 0 Å². The first-order valence-corrected chi connectivity index (χ1v) is 7.23. The van der Waals surface area contributed by atoms with Gasteiger partial charge in [0.15, 0.2) is 0 Å². The van der Waals surface area contributed by atoms with Crippen LogP contribution in [0.1, 0.15) is 52.8 Å². The fourth-order valence-electron chi connectivity index (χ4n) is 2.65. The van der Waals surface area contributed by atoms with Gasteiger partial charge in [-0.3, -0.25) is 0 Å². The summed E-state index contributed by atoms with van der Waals surface area (Å²) in [6.45, 7) is 9.63. The van der Waals surface area contributed by atoms with Crippen LogP contribution in [0, 0.1) is 11.8 Å². The Balaban J connectivity index is 2.02. The summed E-state index contributed by atoms with van der Waals surface area (Å²) < 4.78 is 0. The number of nitrogen functional groups attached to an aromatic ring is 1. The molecule has 1 saturated carbocycles. The maximum atomic E-state index is 5.87. The maximum absolute atomic E-state index is 5.87. The van der Waals surface area contributed by atoms with Gasteiger partial charge in [-0.05, 0) is 24.7 Å². The molecule has 19 heavy (non-hydrogen) atoms. The van der Waals surface area contributed by atoms with Gasteiger partial charge in [0, 0.05) is 18.0 Å². The second-order valence-corrected chi connectivity index (χ2v) is 6.92. The summed E-state index contributed by atoms with van der Waals surface area (Å²) in [5.41, 5.74) is 5.80. The number of anilines is 2. The number of nitrogens with two attached hydrogens (primary N) is 1. The van der Waals surface area contributed by atoms with E-state index < -0.39 is 0 Å². The fraction of sp³-hybridized carbons (Fsp3) is 0.733. The van der Waals surface area contributed by atoms with Crippen LogP contribution in [-0.2, 0) is 5.41 Å². The molecule has 106 valence electrons. The number of nitrogens with zero attached hydrogens (tertiary/aromatic N) is 2. The summed E-state index contributed by atoms with van der Waals surface area (Å²) in [5, 5.41) is 3.43. The van der Waals surface area contributed by atoms with E-state index in [2.05, 4.69) is 43.0 Å². The Kier molecular flexibility index (Phi) is 3.97. The normalized spacial score (nSPS) is 23.6. The van der Waals surface area contributed by atoms with Gasteiger partial charge in [0.05, 0.1) is 0 Å². The third-order valence-electron chi connectivity index (χ3n) is 3.79. The van der Waals surface area contributed by atoms with E-state index in [1.54, 1.807) is 0 Å². The first kappa shape index (κ1) is 14.1. The Bertz CT molecular complexity index is 436. The Labute approximate surface area is 116 Å². The second kappa shape index (κ2) is 5.35. The Morgan fingerprint density at radius 2 is 2.05 bits per heavy atom. The van der Waals surface area contributed by atoms with Gasteiger partial charge >= 0.3 is 0 Å². The monoisotopic (exact) mass is 262 g/mol. The van der Waals surface area contributed by atoms with E-state index in [-0.39, 0.29) is 5.41 Å². The zero-order chi connectivity index (χ0) is 14.0. The molecule has 0 radical (unpaired) electrons. The Morgan fingerprint density at radius 3 is 2.63 bits per heavy atom. The molecule has 0 bridgehead atoms. The van der Waals surface area contributed by atoms with E-state index in [1.165, 1.54) is 19.3 Å². The average molecular weight is 262 g/mol. The number of rotatable bonds is 3. The predicted molar refractivity (Wildman–Crippen MR) is 80.1 cm³/mol. The number of nitrogens with one attached hydrogen (secondary N) is 1. The molecule has 1 aromatic heterocycles. The molecule has 0 spiro atoms. The van der Waals surface area contributed by atoms with Crippen molar-refractivity contribution in [2.45, 2.75) is 52.4 Å². The minimum Gasteiger partial charge on any atom is -0.384 e. The number of hydrogen-bond acceptors (Lipinski definition) is 4. The molecule has 0 amide bonds. The minimum atomic E-state index is -0.0757. The summed E-state index contributed by atoms with van der Waals surface area (Å²) >= 11 is 0. The number of aromatic nitrogens is 2. The van der Waals surface area contributed by atoms with Crippen molar-refractivity contribution in [3.05, 3.63) is 11.9 Å². The van der Waals surface area contributed by atoms with Gasteiger partial charge in [0.2, 0.25) is 0 Å². The maximum Gasteiger partial charge on any atom is 0.138 e. The van der Waals surface area contributed by atoms with Crippen LogP contribution in [-0.4, -0.2) is 16.5 Å². The van der Waals surface area contributed by atoms with Gasteiger partial charge in [0.1, 0.15) is 17.5 Å². The lowest BCUT2D eigenvalue weighted by Gasteiger charge is -2.19. The van der Waals surface area contributed by atoms with E-state index in [9.17, 15) is 0 Å². The summed E-state index contributed by atoms with van der Waals surface area (Å²) in [6.07, 6.45) is 3.99. The lowest BCUT2D eigenvalue weighted by Crippen LogP contribution is -2.19. The van der Waals surface area contributed by atoms with Crippen molar-refractivity contribution in [3.63, 3.8) is 0 Å². The quantitative estimate of drug-likeness (QED) is 0.878. The first-order chi connectivity index (χ1) is 8.84. The number of hydrogen-bond donors (Lipinski definition) is 2. The molecular formula is C15H26N4. The van der Waals surface area contributed by atoms with E-state index >= 15 is 0 Å². The van der Waals surface area contributed by atoms with Gasteiger partial charge < -0.3 is 11.1 Å². The third-order valence-corrected chi connectivity index (χ3v) is 3.79. The highest BCUT2D eigenvalue weighted by Crippen LogP contribution is 2.30. The summed E-state index contributed by atoms with van der Waals surface area (Å²) in [5.74, 6) is 3.84. The summed E-state index contributed by atoms with van der Waals surface area (Å²) in [6, 6.07) is 1.83. The topological polar surface area (TPSA) is 63.8 Å². The van der Waals surface area contributed by atoms with Gasteiger partial charge in [-0.25, -0.2) is 9.97 Å². The first-order valence-electron chi connectivity index (χ1n) is 7.23. The molecule has 0 aliphatic heterocycles. The van der Waals surface area contributed by atoms with Crippen molar-refractivity contribution < 1.29 is 0 Å². The summed E-state index contributed by atoms with van der Waals surface area (Å²) in [7, 11) is 0. The van der Waals surface area contributed by atoms with Crippen LogP contribution in [0.25, 0.3) is 0 Å². The molecule has 2 unspecified atom stereocenters. The molecule has 2 rings (SSSR count). The molecular weight excluding hydrogens is 236 g/mol. The Morgan fingerprint density at radius 1 is 1.32 bits per heavy atom. The van der Waals surface area contributed by atoms with E-state index in [0.717, 1.165) is 30.0 Å². The standard InChI is InChI=1S/C15H26N4/c1-10-5-6-11(7-10)9-17-13-8-12(16)18-14(19-13)15(2,3)4/h8,10-11H,5-7,9H2,1-4H3,(H3,16,17,18,19). The van der Waals surface area contributed by atoms with Gasteiger partial charge in [0.25, 0.3) is 0 Å². The van der Waals surface area contributed by atoms with Crippen LogP contribution in [0.2, 0.25) is 0 Å². The van der Waals surface area contributed by atoms with Crippen molar-refractivity contribution in [2.24, 2.45) is 11.8 Å². The van der Waals surface area contributed by atoms with Crippen molar-refractivity contribution >= 4 is 11.6 Å². The smallest absolute Gasteiger partial charge is 0.138 e. The van der Waals surface area contributed by atoms with Gasteiger partial charge in [-0.1, -0.05) is 34.1 Å². The molecule has 3 N–H and O–H groups in total. The SMILES string of the molecule is CC1CCC(CNc2cc(N)nc(C(C)(C)C)n2)C1. The molecule has 0 aromatic carbocycles. The van der Waals surface area contributed by atoms with Gasteiger partial charge in [-0.2, -0.15) is 0 Å². The van der Waals surface area contributed by atoms with E-state index in [1.807, 2.05) is 6.07 Å². The molecule has 4 nitrogen and oxygen atoms in total. The molecule has 1 aliphatic carbocycles. The fourth-order valence-corrected chi connectivity index (χ4v) is 2.65. The zero-order valence-corrected chi connectivity index (χ0v) is 12.5. The zero-order valence-electron chi connectivity index (χ0n) is 12.5. The lowest BCUT2D eigenvalue weighted by atomic mass is 9.96. The molecule has 2 atom stereocenters. The van der Waals surface area contributed by atoms with Crippen LogP contribution in [0.15, 0.2) is 6.07 Å². The van der Waals surface area contributed by atoms with Gasteiger partial charge in [-0.15, -0.1) is 0 Å². The minimum absolute atomic E-state index is 0.0757. The Hall–Kier alpha value is -1.32. The lowest BCUT2D eigenvalue weighted by molar-refractivity contribution is 0.533. The highest BCUT2D eigenvalue weighted by Gasteiger charge is 2.22. The molecule has 0 saturated heterocycles. The molecule has 4 heteroatoms. The van der Waals surface area contributed by atoms with Crippen LogP contribution in [0.3, 0.4) is 0 Å². The van der Waals surface area contributed by atoms with Crippen molar-refractivity contribution in [2.75, 3.05) is 17.6 Å². The molecule has 1 fully saturated rings. The van der Waals surface area contributed by atoms with Crippen LogP contribution in [0.5, 0.6) is 0 Å². The molecule has 1 aliphatic rings. The van der Waals surface area contributed by atoms with Crippen LogP contribution in [0.4, 0.5) is 11.6 Å². The van der Waals surface area contributed by atoms with Crippen molar-refractivity contribution in [3.8, 4) is 0 Å². The predicted octanol–water partition coefficient (Wildman–Crippen LogP) is 3.20. The molecule has 1 aromatic rings. The highest BCUT2D eigenvalue weighted by molar-refractivity contribution is 5.45. The summed E-state index contributed by atoms with van der Waals surface area (Å²) in [4.78, 5) is 8.91. The van der Waals surface area contributed by atoms with Crippen molar-refractivity contribution in [1.82, 2.24) is 9.97 Å². The highest BCUT2D eigenvalue weighted by atomic mass is 15.1. The van der Waals surface area contributed by atoms with Crippen LogP contribution >= 0.6 is 0 Å². The van der Waals surface area contributed by atoms with Crippen LogP contribution < -0.4 is 11.1 Å². The second-order valence-electron chi connectivity index (χ2n) is 6.92. The van der Waals surface area contributed by atoms with E-state index in [0.29, 0.717) is 5.82 Å². The largest absolute Gasteiger partial charge is 0.384 e.